The van der Waals surface area contributed by atoms with E-state index in [2.05, 4.69) is 13.8 Å². The zero-order valence-electron chi connectivity index (χ0n) is 6.80. The highest BCUT2D eigenvalue weighted by molar-refractivity contribution is 4.79. The van der Waals surface area contributed by atoms with E-state index in [1.165, 1.54) is 12.8 Å². The summed E-state index contributed by atoms with van der Waals surface area (Å²) in [7, 11) is 0. The van der Waals surface area contributed by atoms with E-state index in [9.17, 15) is 0 Å². The van der Waals surface area contributed by atoms with Crippen molar-refractivity contribution >= 4 is 0 Å². The molecule has 0 saturated carbocycles. The summed E-state index contributed by atoms with van der Waals surface area (Å²) in [5, 5.41) is 0. The highest BCUT2D eigenvalue weighted by Gasteiger charge is 2.33. The Bertz CT molecular complexity index is 93.3. The second kappa shape index (κ2) is 3.94. The van der Waals surface area contributed by atoms with Gasteiger partial charge in [-0.15, -0.1) is 0 Å². The third-order valence-electron chi connectivity index (χ3n) is 1.76. The van der Waals surface area contributed by atoms with Crippen molar-refractivity contribution in [3.05, 3.63) is 0 Å². The second-order valence-electron chi connectivity index (χ2n) is 2.81. The van der Waals surface area contributed by atoms with Crippen molar-refractivity contribution < 1.29 is 9.47 Å². The summed E-state index contributed by atoms with van der Waals surface area (Å²) in [6.45, 7) is 5.93. The van der Waals surface area contributed by atoms with E-state index in [0.29, 0.717) is 12.2 Å². The number of epoxide rings is 1. The molecule has 2 unspecified atom stereocenters. The highest BCUT2D eigenvalue weighted by Crippen LogP contribution is 2.20. The van der Waals surface area contributed by atoms with Crippen molar-refractivity contribution in [3.63, 3.8) is 0 Å². The Balaban J connectivity index is 1.78. The first-order chi connectivity index (χ1) is 4.84. The number of unbranched alkanes of at least 4 members (excludes halogenated alkanes) is 1. The largest absolute Gasteiger partial charge is 0.379 e. The van der Waals surface area contributed by atoms with Gasteiger partial charge in [0.2, 0.25) is 0 Å². The predicted octanol–water partition coefficient (Wildman–Crippen LogP) is 1.59. The summed E-state index contributed by atoms with van der Waals surface area (Å²) in [6, 6.07) is 0. The molecule has 1 heterocycles. The average molecular weight is 144 g/mol. The third kappa shape index (κ3) is 2.67. The van der Waals surface area contributed by atoms with Crippen LogP contribution in [-0.2, 0) is 9.47 Å². The predicted molar refractivity (Wildman–Crippen MR) is 40.1 cm³/mol. The van der Waals surface area contributed by atoms with Gasteiger partial charge >= 0.3 is 0 Å². The molecule has 0 radical (unpaired) electrons. The van der Waals surface area contributed by atoms with Gasteiger partial charge in [0.1, 0.15) is 6.10 Å². The first kappa shape index (κ1) is 8.02. The molecular weight excluding hydrogens is 128 g/mol. The quantitative estimate of drug-likeness (QED) is 0.431. The summed E-state index contributed by atoms with van der Waals surface area (Å²) in [6.07, 6.45) is 3.22. The molecule has 10 heavy (non-hydrogen) atoms. The molecule has 1 aliphatic rings. The SMILES string of the molecule is CCCCOCC1OC1C. The summed E-state index contributed by atoms with van der Waals surface area (Å²) >= 11 is 0. The lowest BCUT2D eigenvalue weighted by Crippen LogP contribution is -2.04. The highest BCUT2D eigenvalue weighted by atomic mass is 16.6. The average Bonchev–Trinajstić information content (AvgIpc) is 2.60. The molecule has 0 aromatic carbocycles. The monoisotopic (exact) mass is 144 g/mol. The van der Waals surface area contributed by atoms with E-state index in [1.807, 2.05) is 0 Å². The van der Waals surface area contributed by atoms with E-state index < -0.39 is 0 Å². The molecule has 0 spiro atoms. The number of hydrogen-bond donors (Lipinski definition) is 0. The molecule has 0 aromatic heterocycles. The van der Waals surface area contributed by atoms with Crippen LogP contribution >= 0.6 is 0 Å². The lowest BCUT2D eigenvalue weighted by Gasteiger charge is -1.98. The van der Waals surface area contributed by atoms with Gasteiger partial charge in [-0.2, -0.15) is 0 Å². The summed E-state index contributed by atoms with van der Waals surface area (Å²) < 4.78 is 10.5. The summed E-state index contributed by atoms with van der Waals surface area (Å²) in [5.74, 6) is 0. The van der Waals surface area contributed by atoms with Crippen LogP contribution in [0.5, 0.6) is 0 Å². The molecule has 60 valence electrons. The van der Waals surface area contributed by atoms with Gasteiger partial charge in [-0.1, -0.05) is 13.3 Å². The minimum absolute atomic E-state index is 0.400. The van der Waals surface area contributed by atoms with Crippen molar-refractivity contribution in [2.45, 2.75) is 38.9 Å². The zero-order chi connectivity index (χ0) is 7.40. The van der Waals surface area contributed by atoms with Crippen molar-refractivity contribution in [3.8, 4) is 0 Å². The molecular formula is C8H16O2. The Morgan fingerprint density at radius 2 is 2.20 bits per heavy atom. The van der Waals surface area contributed by atoms with Crippen LogP contribution in [0.2, 0.25) is 0 Å². The first-order valence-electron chi connectivity index (χ1n) is 4.07. The van der Waals surface area contributed by atoms with Crippen molar-refractivity contribution in [1.82, 2.24) is 0 Å². The van der Waals surface area contributed by atoms with Crippen LogP contribution in [0, 0.1) is 0 Å². The number of hydrogen-bond acceptors (Lipinski definition) is 2. The Hall–Kier alpha value is -0.0800. The maximum absolute atomic E-state index is 5.34. The molecule has 0 bridgehead atoms. The molecule has 0 N–H and O–H groups in total. The van der Waals surface area contributed by atoms with Crippen molar-refractivity contribution in [2.75, 3.05) is 13.2 Å². The van der Waals surface area contributed by atoms with Gasteiger partial charge in [0, 0.05) is 6.61 Å². The first-order valence-corrected chi connectivity index (χ1v) is 4.07. The van der Waals surface area contributed by atoms with Gasteiger partial charge in [0.25, 0.3) is 0 Å². The van der Waals surface area contributed by atoms with E-state index in [0.717, 1.165) is 13.2 Å². The molecule has 0 amide bonds. The van der Waals surface area contributed by atoms with Gasteiger partial charge in [0.15, 0.2) is 0 Å². The van der Waals surface area contributed by atoms with Gasteiger partial charge < -0.3 is 9.47 Å². The van der Waals surface area contributed by atoms with Crippen LogP contribution in [0.4, 0.5) is 0 Å². The summed E-state index contributed by atoms with van der Waals surface area (Å²) in [4.78, 5) is 0. The van der Waals surface area contributed by atoms with E-state index >= 15 is 0 Å². The Morgan fingerprint density at radius 3 is 2.70 bits per heavy atom. The van der Waals surface area contributed by atoms with E-state index in [-0.39, 0.29) is 0 Å². The Labute approximate surface area is 62.5 Å². The molecule has 2 atom stereocenters. The molecule has 1 fully saturated rings. The fourth-order valence-electron chi connectivity index (χ4n) is 0.851. The van der Waals surface area contributed by atoms with Crippen LogP contribution in [0.3, 0.4) is 0 Å². The molecule has 0 aromatic rings. The van der Waals surface area contributed by atoms with Crippen LogP contribution in [0.15, 0.2) is 0 Å². The second-order valence-corrected chi connectivity index (χ2v) is 2.81. The maximum atomic E-state index is 5.34. The third-order valence-corrected chi connectivity index (χ3v) is 1.76. The van der Waals surface area contributed by atoms with Gasteiger partial charge in [0.05, 0.1) is 12.7 Å². The Morgan fingerprint density at radius 1 is 1.50 bits per heavy atom. The van der Waals surface area contributed by atoms with Gasteiger partial charge in [-0.25, -0.2) is 0 Å². The molecule has 1 saturated heterocycles. The normalized spacial score (nSPS) is 30.6. The van der Waals surface area contributed by atoms with Crippen molar-refractivity contribution in [1.29, 1.82) is 0 Å². The van der Waals surface area contributed by atoms with Gasteiger partial charge in [-0.3, -0.25) is 0 Å². The smallest absolute Gasteiger partial charge is 0.107 e. The van der Waals surface area contributed by atoms with Crippen molar-refractivity contribution in [2.24, 2.45) is 0 Å². The zero-order valence-corrected chi connectivity index (χ0v) is 6.80. The van der Waals surface area contributed by atoms with Gasteiger partial charge in [-0.05, 0) is 13.3 Å². The Kier molecular flexibility index (Phi) is 3.16. The summed E-state index contributed by atoms with van der Waals surface area (Å²) in [5.41, 5.74) is 0. The minimum atomic E-state index is 0.400. The lowest BCUT2D eigenvalue weighted by molar-refractivity contribution is 0.114. The lowest BCUT2D eigenvalue weighted by atomic mass is 10.3. The fourth-order valence-corrected chi connectivity index (χ4v) is 0.851. The molecule has 2 nitrogen and oxygen atoms in total. The standard InChI is InChI=1S/C8H16O2/c1-3-4-5-9-6-8-7(2)10-8/h7-8H,3-6H2,1-2H3. The number of rotatable bonds is 5. The topological polar surface area (TPSA) is 21.8 Å². The maximum Gasteiger partial charge on any atom is 0.107 e. The molecule has 0 aliphatic carbocycles. The fraction of sp³-hybridized carbons (Fsp3) is 1.00. The molecule has 1 rings (SSSR count). The molecule has 1 aliphatic heterocycles. The minimum Gasteiger partial charge on any atom is -0.379 e. The van der Waals surface area contributed by atoms with Crippen LogP contribution in [-0.4, -0.2) is 25.4 Å². The van der Waals surface area contributed by atoms with E-state index in [4.69, 9.17) is 9.47 Å². The van der Waals surface area contributed by atoms with Crippen LogP contribution in [0.1, 0.15) is 26.7 Å². The number of ether oxygens (including phenoxy) is 2. The van der Waals surface area contributed by atoms with E-state index in [1.54, 1.807) is 0 Å². The molecule has 2 heteroatoms. The van der Waals surface area contributed by atoms with Crippen LogP contribution in [0.25, 0.3) is 0 Å². The van der Waals surface area contributed by atoms with Crippen LogP contribution < -0.4 is 0 Å².